The standard InChI is InChI=1S/C14H19N3O2/c1-10-5-6-12-11(8-10)4-3-7-17(12)9-13(18)16-14(19)15-2/h5-6,8H,3-4,7,9H2,1-2H3,(H2,15,16,18,19). The number of carbonyl (C=O) groups excluding carboxylic acids is 2. The van der Waals surface area contributed by atoms with E-state index in [-0.39, 0.29) is 12.5 Å². The number of aryl methyl sites for hydroxylation is 2. The van der Waals surface area contributed by atoms with Gasteiger partial charge in [-0.05, 0) is 31.4 Å². The highest BCUT2D eigenvalue weighted by atomic mass is 16.2. The molecule has 5 heteroatoms. The van der Waals surface area contributed by atoms with E-state index >= 15 is 0 Å². The van der Waals surface area contributed by atoms with Crippen LogP contribution in [0.4, 0.5) is 10.5 Å². The molecule has 0 saturated heterocycles. The quantitative estimate of drug-likeness (QED) is 0.841. The highest BCUT2D eigenvalue weighted by molar-refractivity contribution is 5.96. The van der Waals surface area contributed by atoms with E-state index < -0.39 is 6.03 Å². The van der Waals surface area contributed by atoms with Crippen LogP contribution in [-0.4, -0.2) is 32.1 Å². The highest BCUT2D eigenvalue weighted by Gasteiger charge is 2.19. The monoisotopic (exact) mass is 261 g/mol. The van der Waals surface area contributed by atoms with Crippen molar-refractivity contribution in [2.24, 2.45) is 0 Å². The van der Waals surface area contributed by atoms with Crippen molar-refractivity contribution in [3.8, 4) is 0 Å². The molecule has 0 fully saturated rings. The van der Waals surface area contributed by atoms with Crippen LogP contribution in [0.3, 0.4) is 0 Å². The van der Waals surface area contributed by atoms with Crippen LogP contribution in [0.25, 0.3) is 0 Å². The maximum atomic E-state index is 11.7. The molecule has 0 spiro atoms. The normalized spacial score (nSPS) is 13.7. The first kappa shape index (κ1) is 13.4. The summed E-state index contributed by atoms with van der Waals surface area (Å²) in [6, 6.07) is 5.80. The summed E-state index contributed by atoms with van der Waals surface area (Å²) in [5.41, 5.74) is 3.61. The average Bonchev–Trinajstić information content (AvgIpc) is 2.38. The fourth-order valence-electron chi connectivity index (χ4n) is 2.37. The van der Waals surface area contributed by atoms with Gasteiger partial charge in [0.25, 0.3) is 0 Å². The van der Waals surface area contributed by atoms with Crippen LogP contribution in [0.5, 0.6) is 0 Å². The highest BCUT2D eigenvalue weighted by Crippen LogP contribution is 2.27. The van der Waals surface area contributed by atoms with Gasteiger partial charge in [0.15, 0.2) is 0 Å². The summed E-state index contributed by atoms with van der Waals surface area (Å²) in [5.74, 6) is -0.284. The number of benzene rings is 1. The van der Waals surface area contributed by atoms with Crippen molar-refractivity contribution in [2.75, 3.05) is 25.0 Å². The van der Waals surface area contributed by atoms with Gasteiger partial charge in [-0.3, -0.25) is 10.1 Å². The van der Waals surface area contributed by atoms with E-state index in [0.29, 0.717) is 0 Å². The molecule has 3 amide bonds. The molecular formula is C14H19N3O2. The van der Waals surface area contributed by atoms with Gasteiger partial charge in [0.1, 0.15) is 0 Å². The van der Waals surface area contributed by atoms with E-state index in [9.17, 15) is 9.59 Å². The van der Waals surface area contributed by atoms with Crippen molar-refractivity contribution in [2.45, 2.75) is 19.8 Å². The van der Waals surface area contributed by atoms with Crippen LogP contribution in [0, 0.1) is 6.92 Å². The number of nitrogens with zero attached hydrogens (tertiary/aromatic N) is 1. The third-order valence-corrected chi connectivity index (χ3v) is 3.26. The summed E-state index contributed by atoms with van der Waals surface area (Å²) in [6.45, 7) is 3.12. The molecule has 0 aliphatic carbocycles. The van der Waals surface area contributed by atoms with E-state index in [1.165, 1.54) is 18.2 Å². The van der Waals surface area contributed by atoms with E-state index in [1.807, 2.05) is 11.0 Å². The van der Waals surface area contributed by atoms with Crippen molar-refractivity contribution in [3.05, 3.63) is 29.3 Å². The molecule has 0 atom stereocenters. The van der Waals surface area contributed by atoms with E-state index in [2.05, 4.69) is 29.7 Å². The molecule has 0 bridgehead atoms. The fourth-order valence-corrected chi connectivity index (χ4v) is 2.37. The van der Waals surface area contributed by atoms with Crippen LogP contribution >= 0.6 is 0 Å². The first-order valence-electron chi connectivity index (χ1n) is 6.46. The summed E-state index contributed by atoms with van der Waals surface area (Å²) in [4.78, 5) is 24.9. The third kappa shape index (κ3) is 3.24. The van der Waals surface area contributed by atoms with Crippen LogP contribution in [0.15, 0.2) is 18.2 Å². The topological polar surface area (TPSA) is 61.4 Å². The van der Waals surface area contributed by atoms with Crippen LogP contribution in [0.2, 0.25) is 0 Å². The lowest BCUT2D eigenvalue weighted by molar-refractivity contribution is -0.118. The smallest absolute Gasteiger partial charge is 0.321 e. The molecule has 2 rings (SSSR count). The van der Waals surface area contributed by atoms with Crippen molar-refractivity contribution >= 4 is 17.6 Å². The van der Waals surface area contributed by atoms with Gasteiger partial charge in [-0.2, -0.15) is 0 Å². The summed E-state index contributed by atoms with van der Waals surface area (Å²) in [5, 5.41) is 4.66. The first-order valence-corrected chi connectivity index (χ1v) is 6.46. The van der Waals surface area contributed by atoms with Gasteiger partial charge in [-0.1, -0.05) is 17.7 Å². The number of urea groups is 1. The molecule has 1 aromatic rings. The van der Waals surface area contributed by atoms with Gasteiger partial charge < -0.3 is 10.2 Å². The molecule has 0 radical (unpaired) electrons. The first-order chi connectivity index (χ1) is 9.10. The molecule has 102 valence electrons. The Morgan fingerprint density at radius 1 is 1.37 bits per heavy atom. The minimum atomic E-state index is -0.467. The second-order valence-electron chi connectivity index (χ2n) is 4.78. The Morgan fingerprint density at radius 3 is 2.89 bits per heavy atom. The van der Waals surface area contributed by atoms with Crippen LogP contribution in [0.1, 0.15) is 17.5 Å². The number of anilines is 1. The number of imide groups is 1. The molecule has 1 aliphatic heterocycles. The minimum absolute atomic E-state index is 0.212. The Bertz CT molecular complexity index is 499. The Kier molecular flexibility index (Phi) is 4.04. The molecule has 0 saturated carbocycles. The van der Waals surface area contributed by atoms with Gasteiger partial charge >= 0.3 is 6.03 Å². The van der Waals surface area contributed by atoms with Gasteiger partial charge in [-0.25, -0.2) is 4.79 Å². The van der Waals surface area contributed by atoms with Crippen LogP contribution in [-0.2, 0) is 11.2 Å². The largest absolute Gasteiger partial charge is 0.362 e. The molecule has 1 aromatic carbocycles. The lowest BCUT2D eigenvalue weighted by atomic mass is 9.99. The molecule has 1 heterocycles. The van der Waals surface area contributed by atoms with Gasteiger partial charge in [0, 0.05) is 19.3 Å². The molecule has 1 aliphatic rings. The van der Waals surface area contributed by atoms with E-state index in [1.54, 1.807) is 0 Å². The zero-order chi connectivity index (χ0) is 13.8. The second kappa shape index (κ2) is 5.73. The molecule has 5 nitrogen and oxygen atoms in total. The Balaban J connectivity index is 2.07. The SMILES string of the molecule is CNC(=O)NC(=O)CN1CCCc2cc(C)ccc21. The number of nitrogens with one attached hydrogen (secondary N) is 2. The number of hydrogen-bond donors (Lipinski definition) is 2. The van der Waals surface area contributed by atoms with E-state index in [0.717, 1.165) is 25.1 Å². The minimum Gasteiger partial charge on any atom is -0.362 e. The Labute approximate surface area is 113 Å². The van der Waals surface area contributed by atoms with Crippen molar-refractivity contribution in [3.63, 3.8) is 0 Å². The Morgan fingerprint density at radius 2 is 2.16 bits per heavy atom. The summed E-state index contributed by atoms with van der Waals surface area (Å²) in [6.07, 6.45) is 2.08. The summed E-state index contributed by atoms with van der Waals surface area (Å²) < 4.78 is 0. The fraction of sp³-hybridized carbons (Fsp3) is 0.429. The molecular weight excluding hydrogens is 242 g/mol. The Hall–Kier alpha value is -2.04. The molecule has 19 heavy (non-hydrogen) atoms. The summed E-state index contributed by atoms with van der Waals surface area (Å²) in [7, 11) is 1.49. The van der Waals surface area contributed by atoms with Crippen LogP contribution < -0.4 is 15.5 Å². The lowest BCUT2D eigenvalue weighted by Gasteiger charge is -2.30. The van der Waals surface area contributed by atoms with Crippen molar-refractivity contribution in [1.82, 2.24) is 10.6 Å². The maximum Gasteiger partial charge on any atom is 0.321 e. The zero-order valence-corrected chi connectivity index (χ0v) is 11.3. The number of amides is 3. The van der Waals surface area contributed by atoms with Gasteiger partial charge in [0.2, 0.25) is 5.91 Å². The summed E-state index contributed by atoms with van der Waals surface area (Å²) >= 11 is 0. The number of fused-ring (bicyclic) bond motifs is 1. The predicted octanol–water partition coefficient (Wildman–Crippen LogP) is 1.20. The zero-order valence-electron chi connectivity index (χ0n) is 11.3. The van der Waals surface area contributed by atoms with Gasteiger partial charge in [0.05, 0.1) is 6.54 Å². The number of hydrogen-bond acceptors (Lipinski definition) is 3. The lowest BCUT2D eigenvalue weighted by Crippen LogP contribution is -2.44. The average molecular weight is 261 g/mol. The van der Waals surface area contributed by atoms with E-state index in [4.69, 9.17) is 0 Å². The number of rotatable bonds is 2. The molecule has 0 aromatic heterocycles. The number of carbonyl (C=O) groups is 2. The molecule has 2 N–H and O–H groups in total. The molecule has 0 unspecified atom stereocenters. The maximum absolute atomic E-state index is 11.7. The van der Waals surface area contributed by atoms with Crippen molar-refractivity contribution in [1.29, 1.82) is 0 Å². The van der Waals surface area contributed by atoms with Gasteiger partial charge in [-0.15, -0.1) is 0 Å². The predicted molar refractivity (Wildman–Crippen MR) is 74.3 cm³/mol. The third-order valence-electron chi connectivity index (χ3n) is 3.26. The second-order valence-corrected chi connectivity index (χ2v) is 4.78. The van der Waals surface area contributed by atoms with Crippen molar-refractivity contribution < 1.29 is 9.59 Å².